The van der Waals surface area contributed by atoms with Gasteiger partial charge in [0, 0.05) is 6.08 Å². The molecule has 0 saturated carbocycles. The molecule has 7 nitrogen and oxygen atoms in total. The first kappa shape index (κ1) is 27.2. The van der Waals surface area contributed by atoms with Crippen LogP contribution in [0.3, 0.4) is 0 Å². The minimum atomic E-state index is -0.521. The summed E-state index contributed by atoms with van der Waals surface area (Å²) in [6.45, 7) is 6.28. The summed E-state index contributed by atoms with van der Waals surface area (Å²) in [5, 5.41) is 0. The van der Waals surface area contributed by atoms with E-state index in [4.69, 9.17) is 18.9 Å². The van der Waals surface area contributed by atoms with Gasteiger partial charge in [0.25, 0.3) is 0 Å². The number of hydrogen-bond acceptors (Lipinski definition) is 7. The van der Waals surface area contributed by atoms with Crippen molar-refractivity contribution in [2.75, 3.05) is 13.2 Å². The van der Waals surface area contributed by atoms with Gasteiger partial charge in [-0.3, -0.25) is 0 Å². The topological polar surface area (TPSA) is 88.1 Å². The van der Waals surface area contributed by atoms with E-state index in [9.17, 15) is 14.4 Å². The molecule has 0 aliphatic heterocycles. The van der Waals surface area contributed by atoms with Crippen LogP contribution in [0.1, 0.15) is 52.5 Å². The third kappa shape index (κ3) is 8.96. The van der Waals surface area contributed by atoms with Crippen molar-refractivity contribution < 1.29 is 33.3 Å². The highest BCUT2D eigenvalue weighted by Crippen LogP contribution is 2.19. The van der Waals surface area contributed by atoms with E-state index >= 15 is 0 Å². The first-order valence-electron chi connectivity index (χ1n) is 12.1. The van der Waals surface area contributed by atoms with Crippen LogP contribution >= 0.6 is 0 Å². The SMILES string of the molecule is C=CC(=O)OCCCCCOc1ccc(C(=O)Oc2ccc(C(=O)Oc3ccc(CC)cc3)cc2)cc1. The monoisotopic (exact) mass is 502 g/mol. The molecular formula is C30H30O7. The second-order valence-electron chi connectivity index (χ2n) is 8.11. The first-order chi connectivity index (χ1) is 18.0. The molecule has 37 heavy (non-hydrogen) atoms. The van der Waals surface area contributed by atoms with E-state index < -0.39 is 17.9 Å². The van der Waals surface area contributed by atoms with Crippen molar-refractivity contribution in [1.82, 2.24) is 0 Å². The molecule has 0 spiro atoms. The highest BCUT2D eigenvalue weighted by molar-refractivity contribution is 5.92. The van der Waals surface area contributed by atoms with Crippen LogP contribution in [-0.2, 0) is 16.0 Å². The second-order valence-corrected chi connectivity index (χ2v) is 8.11. The molecule has 3 rings (SSSR count). The Labute approximate surface area is 216 Å². The fourth-order valence-electron chi connectivity index (χ4n) is 3.27. The Morgan fingerprint density at radius 2 is 1.16 bits per heavy atom. The summed E-state index contributed by atoms with van der Waals surface area (Å²) in [6, 6.07) is 20.2. The molecule has 0 aromatic heterocycles. The summed E-state index contributed by atoms with van der Waals surface area (Å²) in [5.41, 5.74) is 1.87. The lowest BCUT2D eigenvalue weighted by atomic mass is 10.2. The van der Waals surface area contributed by atoms with E-state index in [1.807, 2.05) is 12.1 Å². The number of benzene rings is 3. The second kappa shape index (κ2) is 14.2. The van der Waals surface area contributed by atoms with E-state index in [2.05, 4.69) is 13.5 Å². The van der Waals surface area contributed by atoms with Crippen LogP contribution in [0.4, 0.5) is 0 Å². The predicted octanol–water partition coefficient (Wildman–Crippen LogP) is 5.97. The minimum absolute atomic E-state index is 0.313. The molecule has 3 aromatic rings. The average molecular weight is 503 g/mol. The predicted molar refractivity (Wildman–Crippen MR) is 139 cm³/mol. The number of carbonyl (C=O) groups excluding carboxylic acids is 3. The highest BCUT2D eigenvalue weighted by Gasteiger charge is 2.12. The van der Waals surface area contributed by atoms with Crippen LogP contribution in [0.15, 0.2) is 85.5 Å². The van der Waals surface area contributed by atoms with Gasteiger partial charge in [-0.2, -0.15) is 0 Å². The van der Waals surface area contributed by atoms with Crippen molar-refractivity contribution in [2.45, 2.75) is 32.6 Å². The molecule has 0 aliphatic carbocycles. The number of esters is 3. The maximum absolute atomic E-state index is 12.5. The fraction of sp³-hybridized carbons (Fsp3) is 0.233. The van der Waals surface area contributed by atoms with Crippen LogP contribution in [0.25, 0.3) is 0 Å². The average Bonchev–Trinajstić information content (AvgIpc) is 2.93. The lowest BCUT2D eigenvalue weighted by molar-refractivity contribution is -0.137. The minimum Gasteiger partial charge on any atom is -0.494 e. The van der Waals surface area contributed by atoms with E-state index in [0.29, 0.717) is 41.6 Å². The third-order valence-corrected chi connectivity index (χ3v) is 5.40. The molecule has 0 bridgehead atoms. The molecule has 192 valence electrons. The summed E-state index contributed by atoms with van der Waals surface area (Å²) in [6.07, 6.45) is 4.47. The summed E-state index contributed by atoms with van der Waals surface area (Å²) in [7, 11) is 0. The summed E-state index contributed by atoms with van der Waals surface area (Å²) < 4.78 is 21.4. The van der Waals surface area contributed by atoms with E-state index in [1.54, 1.807) is 60.7 Å². The number of ether oxygens (including phenoxy) is 4. The number of rotatable bonds is 13. The van der Waals surface area contributed by atoms with Crippen molar-refractivity contribution in [3.05, 3.63) is 102 Å². The molecule has 0 atom stereocenters. The van der Waals surface area contributed by atoms with Crippen LogP contribution < -0.4 is 14.2 Å². The Hall–Kier alpha value is -4.39. The quantitative estimate of drug-likeness (QED) is 0.123. The van der Waals surface area contributed by atoms with Crippen LogP contribution in [-0.4, -0.2) is 31.1 Å². The normalized spacial score (nSPS) is 10.3. The number of aryl methyl sites for hydroxylation is 1. The van der Waals surface area contributed by atoms with Gasteiger partial charge < -0.3 is 18.9 Å². The van der Waals surface area contributed by atoms with Crippen molar-refractivity contribution >= 4 is 17.9 Å². The molecule has 0 unspecified atom stereocenters. The van der Waals surface area contributed by atoms with Gasteiger partial charge >= 0.3 is 17.9 Å². The Balaban J connectivity index is 1.41. The largest absolute Gasteiger partial charge is 0.494 e. The molecule has 7 heteroatoms. The molecule has 0 fully saturated rings. The molecule has 0 amide bonds. The van der Waals surface area contributed by atoms with Gasteiger partial charge in [-0.05, 0) is 91.9 Å². The molecule has 0 N–H and O–H groups in total. The maximum Gasteiger partial charge on any atom is 0.343 e. The molecule has 0 saturated heterocycles. The molecule has 3 aromatic carbocycles. The van der Waals surface area contributed by atoms with Crippen LogP contribution in [0, 0.1) is 0 Å². The Morgan fingerprint density at radius 1 is 0.676 bits per heavy atom. The fourth-order valence-corrected chi connectivity index (χ4v) is 3.27. The van der Waals surface area contributed by atoms with Crippen molar-refractivity contribution in [3.8, 4) is 17.2 Å². The van der Waals surface area contributed by atoms with E-state index in [-0.39, 0.29) is 0 Å². The van der Waals surface area contributed by atoms with Crippen molar-refractivity contribution in [2.24, 2.45) is 0 Å². The smallest absolute Gasteiger partial charge is 0.343 e. The Bertz CT molecular complexity index is 1180. The Kier molecular flexibility index (Phi) is 10.5. The summed E-state index contributed by atoms with van der Waals surface area (Å²) in [5.74, 6) is -0.00643. The van der Waals surface area contributed by atoms with Gasteiger partial charge in [0.15, 0.2) is 0 Å². The van der Waals surface area contributed by atoms with Crippen molar-refractivity contribution in [3.63, 3.8) is 0 Å². The maximum atomic E-state index is 12.5. The van der Waals surface area contributed by atoms with Gasteiger partial charge in [0.2, 0.25) is 0 Å². The molecular weight excluding hydrogens is 472 g/mol. The number of carbonyl (C=O) groups is 3. The van der Waals surface area contributed by atoms with Crippen molar-refractivity contribution in [1.29, 1.82) is 0 Å². The summed E-state index contributed by atoms with van der Waals surface area (Å²) in [4.78, 5) is 35.8. The molecule has 0 aliphatic rings. The third-order valence-electron chi connectivity index (χ3n) is 5.40. The van der Waals surface area contributed by atoms with Gasteiger partial charge in [0.05, 0.1) is 24.3 Å². The zero-order chi connectivity index (χ0) is 26.5. The highest BCUT2D eigenvalue weighted by atomic mass is 16.5. The van der Waals surface area contributed by atoms with Gasteiger partial charge in [-0.15, -0.1) is 0 Å². The van der Waals surface area contributed by atoms with Gasteiger partial charge in [-0.25, -0.2) is 14.4 Å². The zero-order valence-electron chi connectivity index (χ0n) is 20.8. The lowest BCUT2D eigenvalue weighted by Crippen LogP contribution is -2.10. The molecule has 0 radical (unpaired) electrons. The van der Waals surface area contributed by atoms with Crippen LogP contribution in [0.2, 0.25) is 0 Å². The zero-order valence-corrected chi connectivity index (χ0v) is 20.8. The summed E-state index contributed by atoms with van der Waals surface area (Å²) >= 11 is 0. The number of hydrogen-bond donors (Lipinski definition) is 0. The lowest BCUT2D eigenvalue weighted by Gasteiger charge is -2.08. The van der Waals surface area contributed by atoms with Crippen LogP contribution in [0.5, 0.6) is 17.2 Å². The van der Waals surface area contributed by atoms with Gasteiger partial charge in [-0.1, -0.05) is 25.6 Å². The van der Waals surface area contributed by atoms with E-state index in [1.165, 1.54) is 0 Å². The molecule has 0 heterocycles. The number of unbranched alkanes of at least 4 members (excludes halogenated alkanes) is 2. The standard InChI is InChI=1S/C30H30O7/c1-3-22-8-14-26(15-9-22)36-30(33)24-12-18-27(19-13-24)37-29(32)23-10-16-25(17-11-23)34-20-6-5-7-21-35-28(31)4-2/h4,8-19H,2-3,5-7,20-21H2,1H3. The first-order valence-corrected chi connectivity index (χ1v) is 12.1. The van der Waals surface area contributed by atoms with Gasteiger partial charge in [0.1, 0.15) is 17.2 Å². The van der Waals surface area contributed by atoms with E-state index in [0.717, 1.165) is 37.3 Å². The Morgan fingerprint density at radius 3 is 1.68 bits per heavy atom.